The third-order valence-electron chi connectivity index (χ3n) is 2.99. The molecule has 0 bridgehead atoms. The van der Waals surface area contributed by atoms with Gasteiger partial charge in [-0.1, -0.05) is 0 Å². The van der Waals surface area contributed by atoms with Crippen LogP contribution in [0.4, 0.5) is 16.2 Å². The number of nitro groups is 1. The Labute approximate surface area is 109 Å². The molecule has 1 N–H and O–H groups in total. The Kier molecular flexibility index (Phi) is 3.61. The van der Waals surface area contributed by atoms with E-state index in [0.717, 1.165) is 6.42 Å². The Morgan fingerprint density at radius 1 is 1.47 bits per heavy atom. The molecule has 1 heterocycles. The van der Waals surface area contributed by atoms with E-state index in [-0.39, 0.29) is 11.7 Å². The van der Waals surface area contributed by atoms with Gasteiger partial charge in [-0.15, -0.1) is 0 Å². The molecule has 0 spiro atoms. The first kappa shape index (κ1) is 12.8. The number of nitro benzene ring substituents is 1. The molecule has 1 aliphatic rings. The molecule has 1 aromatic carbocycles. The second kappa shape index (κ2) is 5.35. The third-order valence-corrected chi connectivity index (χ3v) is 2.99. The van der Waals surface area contributed by atoms with Crippen molar-refractivity contribution >= 4 is 17.4 Å². The van der Waals surface area contributed by atoms with Crippen molar-refractivity contribution in [1.29, 1.82) is 5.26 Å². The van der Waals surface area contributed by atoms with E-state index in [1.54, 1.807) is 0 Å². The zero-order valence-electron chi connectivity index (χ0n) is 10.1. The second-order valence-corrected chi connectivity index (χ2v) is 4.21. The SMILES string of the molecule is N#CC1CCCN1C(=O)Nc1ccc([N+](=O)[O-])cc1. The van der Waals surface area contributed by atoms with Gasteiger partial charge >= 0.3 is 6.03 Å². The Balaban J connectivity index is 2.03. The summed E-state index contributed by atoms with van der Waals surface area (Å²) in [5.41, 5.74) is 0.438. The molecule has 1 aromatic rings. The number of benzene rings is 1. The Morgan fingerprint density at radius 3 is 2.74 bits per heavy atom. The number of nitrogens with zero attached hydrogens (tertiary/aromatic N) is 3. The van der Waals surface area contributed by atoms with Crippen LogP contribution in [0.5, 0.6) is 0 Å². The summed E-state index contributed by atoms with van der Waals surface area (Å²) in [5, 5.41) is 22.0. The van der Waals surface area contributed by atoms with E-state index in [9.17, 15) is 14.9 Å². The van der Waals surface area contributed by atoms with E-state index in [1.807, 2.05) is 0 Å². The van der Waals surface area contributed by atoms with Crippen molar-refractivity contribution in [1.82, 2.24) is 4.90 Å². The molecule has 1 saturated heterocycles. The van der Waals surface area contributed by atoms with Gasteiger partial charge in [-0.3, -0.25) is 10.1 Å². The highest BCUT2D eigenvalue weighted by molar-refractivity contribution is 5.90. The predicted octanol–water partition coefficient (Wildman–Crippen LogP) is 2.11. The van der Waals surface area contributed by atoms with Crippen LogP contribution in [0.2, 0.25) is 0 Å². The van der Waals surface area contributed by atoms with Crippen molar-refractivity contribution in [2.75, 3.05) is 11.9 Å². The minimum Gasteiger partial charge on any atom is -0.308 e. The molecule has 0 saturated carbocycles. The molecule has 1 atom stereocenters. The Morgan fingerprint density at radius 2 is 2.16 bits per heavy atom. The van der Waals surface area contributed by atoms with Crippen molar-refractivity contribution in [2.45, 2.75) is 18.9 Å². The van der Waals surface area contributed by atoms with Crippen LogP contribution in [-0.4, -0.2) is 28.4 Å². The van der Waals surface area contributed by atoms with Gasteiger partial charge in [0, 0.05) is 24.4 Å². The highest BCUT2D eigenvalue weighted by Gasteiger charge is 2.28. The number of rotatable bonds is 2. The lowest BCUT2D eigenvalue weighted by Crippen LogP contribution is -2.37. The number of non-ortho nitro benzene ring substituents is 1. The lowest BCUT2D eigenvalue weighted by molar-refractivity contribution is -0.384. The number of nitrogens with one attached hydrogen (secondary N) is 1. The molecule has 0 aromatic heterocycles. The number of urea groups is 1. The van der Waals surface area contributed by atoms with Crippen LogP contribution in [0.25, 0.3) is 0 Å². The average molecular weight is 260 g/mol. The fourth-order valence-corrected chi connectivity index (χ4v) is 2.01. The summed E-state index contributed by atoms with van der Waals surface area (Å²) in [4.78, 5) is 23.4. The zero-order valence-corrected chi connectivity index (χ0v) is 10.1. The monoisotopic (exact) mass is 260 g/mol. The van der Waals surface area contributed by atoms with Gasteiger partial charge in [-0.05, 0) is 25.0 Å². The highest BCUT2D eigenvalue weighted by Crippen LogP contribution is 2.19. The largest absolute Gasteiger partial charge is 0.322 e. The van der Waals surface area contributed by atoms with Crippen molar-refractivity contribution < 1.29 is 9.72 Å². The molecule has 0 radical (unpaired) electrons. The number of carbonyl (C=O) groups excluding carboxylic acids is 1. The first-order valence-corrected chi connectivity index (χ1v) is 5.83. The van der Waals surface area contributed by atoms with E-state index in [1.165, 1.54) is 29.2 Å². The maximum absolute atomic E-state index is 11.9. The normalized spacial score (nSPS) is 17.8. The number of likely N-dealkylation sites (tertiary alicyclic amines) is 1. The van der Waals surface area contributed by atoms with E-state index < -0.39 is 11.0 Å². The Bertz CT molecular complexity index is 535. The van der Waals surface area contributed by atoms with E-state index >= 15 is 0 Å². The minimum atomic E-state index is -0.502. The molecule has 19 heavy (non-hydrogen) atoms. The minimum absolute atomic E-state index is 0.0333. The fraction of sp³-hybridized carbons (Fsp3) is 0.333. The number of carbonyl (C=O) groups is 1. The van der Waals surface area contributed by atoms with Gasteiger partial charge in [-0.25, -0.2) is 4.79 Å². The topological polar surface area (TPSA) is 99.3 Å². The summed E-state index contributed by atoms with van der Waals surface area (Å²) in [6, 6.07) is 6.91. The molecule has 7 nitrogen and oxygen atoms in total. The maximum Gasteiger partial charge on any atom is 0.322 e. The number of amides is 2. The van der Waals surface area contributed by atoms with Gasteiger partial charge in [0.25, 0.3) is 5.69 Å². The molecule has 1 aliphatic heterocycles. The van der Waals surface area contributed by atoms with Gasteiger partial charge in [0.1, 0.15) is 6.04 Å². The summed E-state index contributed by atoms with van der Waals surface area (Å²) in [6.45, 7) is 0.553. The average Bonchev–Trinajstić information content (AvgIpc) is 2.87. The van der Waals surface area contributed by atoms with Gasteiger partial charge in [-0.2, -0.15) is 5.26 Å². The second-order valence-electron chi connectivity index (χ2n) is 4.21. The predicted molar refractivity (Wildman–Crippen MR) is 67.5 cm³/mol. The number of anilines is 1. The number of hydrogen-bond donors (Lipinski definition) is 1. The van der Waals surface area contributed by atoms with E-state index in [0.29, 0.717) is 18.7 Å². The van der Waals surface area contributed by atoms with Crippen molar-refractivity contribution in [3.8, 4) is 6.07 Å². The van der Waals surface area contributed by atoms with Gasteiger partial charge in [0.05, 0.1) is 11.0 Å². The summed E-state index contributed by atoms with van der Waals surface area (Å²) < 4.78 is 0. The molecular formula is C12H12N4O3. The molecule has 98 valence electrons. The summed E-state index contributed by atoms with van der Waals surface area (Å²) in [6.07, 6.45) is 1.50. The van der Waals surface area contributed by atoms with Crippen LogP contribution in [0.15, 0.2) is 24.3 Å². The zero-order chi connectivity index (χ0) is 13.8. The van der Waals surface area contributed by atoms with Crippen molar-refractivity contribution in [2.24, 2.45) is 0 Å². The summed E-state index contributed by atoms with van der Waals surface area (Å²) >= 11 is 0. The molecule has 1 unspecified atom stereocenters. The van der Waals surface area contributed by atoms with Crippen molar-refractivity contribution in [3.63, 3.8) is 0 Å². The maximum atomic E-state index is 11.9. The van der Waals surface area contributed by atoms with E-state index in [4.69, 9.17) is 5.26 Å². The Hall–Kier alpha value is -2.62. The summed E-state index contributed by atoms with van der Waals surface area (Å²) in [7, 11) is 0. The quantitative estimate of drug-likeness (QED) is 0.650. The third kappa shape index (κ3) is 2.80. The number of nitriles is 1. The highest BCUT2D eigenvalue weighted by atomic mass is 16.6. The first-order valence-electron chi connectivity index (χ1n) is 5.83. The molecule has 2 rings (SSSR count). The molecule has 0 aliphatic carbocycles. The summed E-state index contributed by atoms with van der Waals surface area (Å²) in [5.74, 6) is 0. The van der Waals surface area contributed by atoms with E-state index in [2.05, 4.69) is 11.4 Å². The molecule has 7 heteroatoms. The first-order chi connectivity index (χ1) is 9.11. The lowest BCUT2D eigenvalue weighted by Gasteiger charge is -2.19. The smallest absolute Gasteiger partial charge is 0.308 e. The molecule has 2 amide bonds. The molecule has 1 fully saturated rings. The lowest BCUT2D eigenvalue weighted by atomic mass is 10.2. The van der Waals surface area contributed by atoms with Crippen LogP contribution >= 0.6 is 0 Å². The van der Waals surface area contributed by atoms with Crippen LogP contribution < -0.4 is 5.32 Å². The van der Waals surface area contributed by atoms with Crippen LogP contribution in [-0.2, 0) is 0 Å². The van der Waals surface area contributed by atoms with Gasteiger partial charge in [0.2, 0.25) is 0 Å². The van der Waals surface area contributed by atoms with Crippen molar-refractivity contribution in [3.05, 3.63) is 34.4 Å². The van der Waals surface area contributed by atoms with Crippen LogP contribution in [0.1, 0.15) is 12.8 Å². The number of hydrogen-bond acceptors (Lipinski definition) is 4. The van der Waals surface area contributed by atoms with Crippen LogP contribution in [0, 0.1) is 21.4 Å². The van der Waals surface area contributed by atoms with Gasteiger partial charge in [0.15, 0.2) is 0 Å². The fourth-order valence-electron chi connectivity index (χ4n) is 2.01. The van der Waals surface area contributed by atoms with Crippen LogP contribution in [0.3, 0.4) is 0 Å². The molecular weight excluding hydrogens is 248 g/mol. The van der Waals surface area contributed by atoms with Gasteiger partial charge < -0.3 is 10.2 Å². The standard InChI is InChI=1S/C12H12N4O3/c13-8-11-2-1-7-15(11)12(17)14-9-3-5-10(6-4-9)16(18)19/h3-6,11H,1-2,7H2,(H,14,17).